The smallest absolute Gasteiger partial charge is 0.170 e. The third kappa shape index (κ3) is 1.39. The second kappa shape index (κ2) is 3.57. The fourth-order valence-corrected chi connectivity index (χ4v) is 1.40. The van der Waals surface area contributed by atoms with Crippen LogP contribution in [0.25, 0.3) is 5.65 Å². The van der Waals surface area contributed by atoms with E-state index in [1.165, 1.54) is 6.20 Å². The number of rotatable bonds is 3. The molecule has 0 N–H and O–H groups in total. The number of fused-ring (bicyclic) bond motifs is 1. The number of aromatic nitrogens is 3. The number of carbonyl (C=O) groups is 1. The van der Waals surface area contributed by atoms with E-state index in [-0.39, 0.29) is 0 Å². The van der Waals surface area contributed by atoms with Crippen molar-refractivity contribution in [2.24, 2.45) is 0 Å². The molecule has 72 valence electrons. The van der Waals surface area contributed by atoms with Gasteiger partial charge in [0.05, 0.1) is 11.9 Å². The number of hydrogen-bond acceptors (Lipinski definition) is 3. The molecule has 0 aliphatic heterocycles. The van der Waals surface area contributed by atoms with Crippen LogP contribution in [0, 0.1) is 0 Å². The summed E-state index contributed by atoms with van der Waals surface area (Å²) >= 11 is 0. The van der Waals surface area contributed by atoms with Gasteiger partial charge < -0.3 is 0 Å². The Kier molecular flexibility index (Phi) is 2.26. The largest absolute Gasteiger partial charge is 0.296 e. The van der Waals surface area contributed by atoms with Crippen LogP contribution in [0.1, 0.15) is 29.5 Å². The van der Waals surface area contributed by atoms with Crippen molar-refractivity contribution in [3.05, 3.63) is 29.7 Å². The summed E-state index contributed by atoms with van der Waals surface area (Å²) < 4.78 is 1.58. The van der Waals surface area contributed by atoms with Crippen LogP contribution in [0.5, 0.6) is 0 Å². The van der Waals surface area contributed by atoms with Gasteiger partial charge in [0, 0.05) is 0 Å². The van der Waals surface area contributed by atoms with E-state index in [0.717, 1.165) is 24.8 Å². The maximum absolute atomic E-state index is 10.6. The molecule has 0 aliphatic rings. The molecule has 4 heteroatoms. The van der Waals surface area contributed by atoms with Crippen LogP contribution in [0.15, 0.2) is 18.3 Å². The quantitative estimate of drug-likeness (QED) is 0.687. The maximum Gasteiger partial charge on any atom is 0.170 e. The molecule has 2 heterocycles. The summed E-state index contributed by atoms with van der Waals surface area (Å²) in [6.45, 7) is 2.10. The molecule has 2 aromatic heterocycles. The second-order valence-corrected chi connectivity index (χ2v) is 3.15. The van der Waals surface area contributed by atoms with E-state index in [9.17, 15) is 4.79 Å². The first-order chi connectivity index (χ1) is 6.85. The molecule has 4 nitrogen and oxygen atoms in total. The van der Waals surface area contributed by atoms with Crippen LogP contribution < -0.4 is 0 Å². The first-order valence-electron chi connectivity index (χ1n) is 4.64. The summed E-state index contributed by atoms with van der Waals surface area (Å²) in [7, 11) is 0. The Morgan fingerprint density at radius 3 is 3.07 bits per heavy atom. The zero-order valence-corrected chi connectivity index (χ0v) is 7.97. The fraction of sp³-hybridized carbons (Fsp3) is 0.300. The third-order valence-electron chi connectivity index (χ3n) is 2.07. The Hall–Kier alpha value is -1.71. The predicted octanol–water partition coefficient (Wildman–Crippen LogP) is 1.49. The topological polar surface area (TPSA) is 47.3 Å². The summed E-state index contributed by atoms with van der Waals surface area (Å²) in [6.07, 6.45) is 4.27. The van der Waals surface area contributed by atoms with Crippen LogP contribution in [-0.4, -0.2) is 20.9 Å². The van der Waals surface area contributed by atoms with Crippen molar-refractivity contribution in [3.63, 3.8) is 0 Å². The van der Waals surface area contributed by atoms with E-state index in [0.29, 0.717) is 11.3 Å². The standard InChI is InChI=1S/C10H11N3O/c1-2-3-8-4-5-10-11-6-9(7-14)13(10)12-8/h4-7H,2-3H2,1H3. The molecule has 14 heavy (non-hydrogen) atoms. The van der Waals surface area contributed by atoms with Gasteiger partial charge in [-0.25, -0.2) is 9.50 Å². The van der Waals surface area contributed by atoms with Crippen molar-refractivity contribution in [1.29, 1.82) is 0 Å². The van der Waals surface area contributed by atoms with Gasteiger partial charge in [0.15, 0.2) is 11.9 Å². The van der Waals surface area contributed by atoms with Crippen molar-refractivity contribution in [3.8, 4) is 0 Å². The van der Waals surface area contributed by atoms with Crippen molar-refractivity contribution in [2.45, 2.75) is 19.8 Å². The molecule has 2 aromatic rings. The first kappa shape index (κ1) is 8.87. The van der Waals surface area contributed by atoms with Crippen molar-refractivity contribution >= 4 is 11.9 Å². The minimum absolute atomic E-state index is 0.498. The summed E-state index contributed by atoms with van der Waals surface area (Å²) in [5, 5.41) is 4.32. The van der Waals surface area contributed by atoms with Gasteiger partial charge in [-0.1, -0.05) is 13.3 Å². The second-order valence-electron chi connectivity index (χ2n) is 3.15. The van der Waals surface area contributed by atoms with Crippen molar-refractivity contribution < 1.29 is 4.79 Å². The lowest BCUT2D eigenvalue weighted by Crippen LogP contribution is -2.00. The molecule has 0 fully saturated rings. The first-order valence-corrected chi connectivity index (χ1v) is 4.64. The van der Waals surface area contributed by atoms with Crippen LogP contribution in [0.3, 0.4) is 0 Å². The van der Waals surface area contributed by atoms with Crippen LogP contribution >= 0.6 is 0 Å². The van der Waals surface area contributed by atoms with Crippen LogP contribution in [0.4, 0.5) is 0 Å². The molecule has 0 saturated heterocycles. The van der Waals surface area contributed by atoms with Crippen LogP contribution in [-0.2, 0) is 6.42 Å². The highest BCUT2D eigenvalue weighted by atomic mass is 16.1. The van der Waals surface area contributed by atoms with Crippen molar-refractivity contribution in [2.75, 3.05) is 0 Å². The number of nitrogens with zero attached hydrogens (tertiary/aromatic N) is 3. The predicted molar refractivity (Wildman–Crippen MR) is 52.4 cm³/mol. The molecular formula is C10H11N3O. The zero-order valence-electron chi connectivity index (χ0n) is 7.97. The third-order valence-corrected chi connectivity index (χ3v) is 2.07. The van der Waals surface area contributed by atoms with E-state index in [4.69, 9.17) is 0 Å². The number of hydrogen-bond donors (Lipinski definition) is 0. The minimum atomic E-state index is 0.498. The highest BCUT2D eigenvalue weighted by Crippen LogP contribution is 2.05. The van der Waals surface area contributed by atoms with Gasteiger partial charge in [-0.15, -0.1) is 0 Å². The zero-order chi connectivity index (χ0) is 9.97. The molecule has 2 rings (SSSR count). The van der Waals surface area contributed by atoms with Gasteiger partial charge in [0.1, 0.15) is 5.69 Å². The SMILES string of the molecule is CCCc1ccc2ncc(C=O)n2n1. The molecule has 0 aliphatic carbocycles. The molecule has 0 saturated carbocycles. The number of carbonyl (C=O) groups excluding carboxylic acids is 1. The molecule has 0 unspecified atom stereocenters. The van der Waals surface area contributed by atoms with E-state index in [2.05, 4.69) is 17.0 Å². The lowest BCUT2D eigenvalue weighted by atomic mass is 10.2. The number of imidazole rings is 1. The van der Waals surface area contributed by atoms with Crippen molar-refractivity contribution in [1.82, 2.24) is 14.6 Å². The Balaban J connectivity index is 2.55. The highest BCUT2D eigenvalue weighted by Gasteiger charge is 2.03. The summed E-state index contributed by atoms with van der Waals surface area (Å²) in [4.78, 5) is 14.7. The van der Waals surface area contributed by atoms with Gasteiger partial charge >= 0.3 is 0 Å². The minimum Gasteiger partial charge on any atom is -0.296 e. The molecule has 0 bridgehead atoms. The molecule has 0 radical (unpaired) electrons. The lowest BCUT2D eigenvalue weighted by molar-refractivity contribution is 0.111. The Bertz CT molecular complexity index is 461. The fourth-order valence-electron chi connectivity index (χ4n) is 1.40. The lowest BCUT2D eigenvalue weighted by Gasteiger charge is -1.99. The highest BCUT2D eigenvalue weighted by molar-refractivity contribution is 5.73. The molecule has 0 aromatic carbocycles. The number of aldehydes is 1. The molecule has 0 amide bonds. The Labute approximate surface area is 81.6 Å². The van der Waals surface area contributed by atoms with Gasteiger partial charge in [0.25, 0.3) is 0 Å². The summed E-state index contributed by atoms with van der Waals surface area (Å²) in [6, 6.07) is 3.82. The van der Waals surface area contributed by atoms with Gasteiger partial charge in [0.2, 0.25) is 0 Å². The Morgan fingerprint density at radius 1 is 1.50 bits per heavy atom. The van der Waals surface area contributed by atoms with Crippen LogP contribution in [0.2, 0.25) is 0 Å². The van der Waals surface area contributed by atoms with E-state index >= 15 is 0 Å². The normalized spacial score (nSPS) is 10.6. The molecular weight excluding hydrogens is 178 g/mol. The molecule has 0 spiro atoms. The van der Waals surface area contributed by atoms with Gasteiger partial charge in [-0.2, -0.15) is 5.10 Å². The summed E-state index contributed by atoms with van der Waals surface area (Å²) in [5.74, 6) is 0. The van der Waals surface area contributed by atoms with E-state index in [1.807, 2.05) is 12.1 Å². The number of aryl methyl sites for hydroxylation is 1. The molecule has 0 atom stereocenters. The van der Waals surface area contributed by atoms with Gasteiger partial charge in [-0.05, 0) is 18.6 Å². The van der Waals surface area contributed by atoms with E-state index < -0.39 is 0 Å². The maximum atomic E-state index is 10.6. The summed E-state index contributed by atoms with van der Waals surface area (Å²) in [5.41, 5.74) is 2.20. The van der Waals surface area contributed by atoms with Gasteiger partial charge in [-0.3, -0.25) is 4.79 Å². The monoisotopic (exact) mass is 189 g/mol. The average molecular weight is 189 g/mol. The average Bonchev–Trinajstić information content (AvgIpc) is 2.60. The van der Waals surface area contributed by atoms with E-state index in [1.54, 1.807) is 4.52 Å². The Morgan fingerprint density at radius 2 is 2.36 bits per heavy atom.